The fourth-order valence-electron chi connectivity index (χ4n) is 2.74. The van der Waals surface area contributed by atoms with Crippen LogP contribution in [-0.4, -0.2) is 51.2 Å². The molecule has 0 spiro atoms. The van der Waals surface area contributed by atoms with Gasteiger partial charge in [-0.1, -0.05) is 0 Å². The van der Waals surface area contributed by atoms with Crippen molar-refractivity contribution < 1.29 is 43.4 Å². The zero-order chi connectivity index (χ0) is 24.8. The van der Waals surface area contributed by atoms with Crippen LogP contribution in [0.15, 0.2) is 36.5 Å². The molecule has 0 fully saturated rings. The van der Waals surface area contributed by atoms with E-state index in [0.717, 1.165) is 22.8 Å². The molecule has 2 aromatic heterocycles. The second-order valence-electron chi connectivity index (χ2n) is 6.55. The number of nitrogens with zero attached hydrogens (tertiary/aromatic N) is 2. The SMILES string of the molecule is CNC(=O)c1c(-c2ccc(F)cc2)nn2cc(NS(C)(=O)=O)c(OS(=O)(=O)C(F)(F)F)cc12. The van der Waals surface area contributed by atoms with Crippen molar-refractivity contribution in [3.05, 3.63) is 47.9 Å². The summed E-state index contributed by atoms with van der Waals surface area (Å²) in [5, 5.41) is 6.44. The van der Waals surface area contributed by atoms with Crippen LogP contribution < -0.4 is 14.2 Å². The summed E-state index contributed by atoms with van der Waals surface area (Å²) >= 11 is 0. The first-order valence-corrected chi connectivity index (χ1v) is 12.0. The summed E-state index contributed by atoms with van der Waals surface area (Å²) < 4.78 is 105. The third-order valence-corrected chi connectivity index (χ3v) is 5.64. The van der Waals surface area contributed by atoms with Crippen molar-refractivity contribution in [2.45, 2.75) is 5.51 Å². The highest BCUT2D eigenvalue weighted by Crippen LogP contribution is 2.36. The Hall–Kier alpha value is -3.40. The van der Waals surface area contributed by atoms with Gasteiger partial charge >= 0.3 is 15.6 Å². The molecule has 0 unspecified atom stereocenters. The predicted octanol–water partition coefficient (Wildman–Crippen LogP) is 2.10. The number of sulfonamides is 1. The van der Waals surface area contributed by atoms with Gasteiger partial charge in [0.2, 0.25) is 10.0 Å². The van der Waals surface area contributed by atoms with Gasteiger partial charge in [0.15, 0.2) is 5.75 Å². The number of rotatable bonds is 6. The van der Waals surface area contributed by atoms with E-state index in [4.69, 9.17) is 0 Å². The molecule has 33 heavy (non-hydrogen) atoms. The number of pyridine rings is 1. The van der Waals surface area contributed by atoms with Crippen molar-refractivity contribution in [3.63, 3.8) is 0 Å². The molecule has 0 aliphatic heterocycles. The number of amides is 1. The van der Waals surface area contributed by atoms with Gasteiger partial charge in [-0.05, 0) is 24.3 Å². The molecule has 2 heterocycles. The molecular formula is C17H14F4N4O6S2. The fraction of sp³-hybridized carbons (Fsp3) is 0.176. The minimum atomic E-state index is -6.19. The van der Waals surface area contributed by atoms with Crippen LogP contribution in [0.25, 0.3) is 16.8 Å². The van der Waals surface area contributed by atoms with Gasteiger partial charge in [-0.2, -0.15) is 26.7 Å². The van der Waals surface area contributed by atoms with Crippen LogP contribution in [-0.2, 0) is 20.1 Å². The number of anilines is 1. The molecule has 1 aromatic carbocycles. The first-order chi connectivity index (χ1) is 15.1. The molecule has 178 valence electrons. The van der Waals surface area contributed by atoms with E-state index >= 15 is 0 Å². The number of fused-ring (bicyclic) bond motifs is 1. The molecule has 0 saturated heterocycles. The smallest absolute Gasteiger partial charge is 0.374 e. The Kier molecular flexibility index (Phi) is 6.01. The van der Waals surface area contributed by atoms with Gasteiger partial charge in [-0.3, -0.25) is 9.52 Å². The number of alkyl halides is 3. The van der Waals surface area contributed by atoms with E-state index in [1.165, 1.54) is 19.2 Å². The van der Waals surface area contributed by atoms with Crippen LogP contribution in [0.3, 0.4) is 0 Å². The average Bonchev–Trinajstić information content (AvgIpc) is 3.04. The number of nitrogens with one attached hydrogen (secondary N) is 2. The summed E-state index contributed by atoms with van der Waals surface area (Å²) in [4.78, 5) is 12.5. The third kappa shape index (κ3) is 5.00. The van der Waals surface area contributed by atoms with Crippen LogP contribution in [0.2, 0.25) is 0 Å². The van der Waals surface area contributed by atoms with Crippen LogP contribution in [0.1, 0.15) is 10.4 Å². The van der Waals surface area contributed by atoms with Crippen LogP contribution >= 0.6 is 0 Å². The van der Waals surface area contributed by atoms with Crippen molar-refractivity contribution >= 4 is 37.3 Å². The summed E-state index contributed by atoms with van der Waals surface area (Å²) in [6.45, 7) is 0. The largest absolute Gasteiger partial charge is 0.534 e. The maximum atomic E-state index is 13.3. The molecule has 2 N–H and O–H groups in total. The second-order valence-corrected chi connectivity index (χ2v) is 9.83. The Morgan fingerprint density at radius 3 is 2.24 bits per heavy atom. The van der Waals surface area contributed by atoms with E-state index in [9.17, 15) is 39.2 Å². The van der Waals surface area contributed by atoms with Gasteiger partial charge in [0.05, 0.1) is 23.5 Å². The maximum Gasteiger partial charge on any atom is 0.534 e. The van der Waals surface area contributed by atoms with Gasteiger partial charge in [0, 0.05) is 18.7 Å². The Morgan fingerprint density at radius 1 is 1.12 bits per heavy atom. The highest BCUT2D eigenvalue weighted by Gasteiger charge is 2.49. The van der Waals surface area contributed by atoms with Crippen LogP contribution in [0.5, 0.6) is 5.75 Å². The first kappa shape index (κ1) is 24.2. The summed E-state index contributed by atoms with van der Waals surface area (Å²) in [5.41, 5.74) is -6.76. The Balaban J connectivity index is 2.34. The van der Waals surface area contributed by atoms with Crippen molar-refractivity contribution in [1.29, 1.82) is 0 Å². The van der Waals surface area contributed by atoms with Gasteiger partial charge < -0.3 is 9.50 Å². The molecule has 0 aliphatic carbocycles. The number of halogens is 4. The highest BCUT2D eigenvalue weighted by atomic mass is 32.2. The van der Waals surface area contributed by atoms with E-state index in [1.54, 1.807) is 0 Å². The van der Waals surface area contributed by atoms with Crippen LogP contribution in [0, 0.1) is 5.82 Å². The van der Waals surface area contributed by atoms with Crippen molar-refractivity contribution in [3.8, 4) is 17.0 Å². The standard InChI is InChI=1S/C17H14F4N4O6S2/c1-22-16(26)14-12-7-13(31-33(29,30)17(19,20)21)11(24-32(2,27)28)8-25(12)23-15(14)9-3-5-10(18)6-4-9/h3-8,24H,1-2H3,(H,22,26). The number of benzene rings is 1. The third-order valence-electron chi connectivity index (χ3n) is 4.08. The van der Waals surface area contributed by atoms with Crippen molar-refractivity contribution in [2.24, 2.45) is 0 Å². The molecule has 16 heteroatoms. The van der Waals surface area contributed by atoms with Gasteiger partial charge in [0.1, 0.15) is 17.2 Å². The summed E-state index contributed by atoms with van der Waals surface area (Å²) in [6.07, 6.45) is 1.50. The zero-order valence-electron chi connectivity index (χ0n) is 16.6. The number of hydrogen-bond acceptors (Lipinski definition) is 7. The van der Waals surface area contributed by atoms with Gasteiger partial charge in [-0.25, -0.2) is 17.3 Å². The van der Waals surface area contributed by atoms with Gasteiger partial charge in [0.25, 0.3) is 5.91 Å². The van der Waals surface area contributed by atoms with E-state index in [1.807, 2.05) is 4.72 Å². The highest BCUT2D eigenvalue weighted by molar-refractivity contribution is 7.92. The minimum absolute atomic E-state index is 0.0458. The summed E-state index contributed by atoms with van der Waals surface area (Å²) in [5.74, 6) is -2.41. The number of hydrogen-bond donors (Lipinski definition) is 2. The molecule has 1 amide bonds. The lowest BCUT2D eigenvalue weighted by atomic mass is 10.1. The lowest BCUT2D eigenvalue weighted by Gasteiger charge is -2.14. The molecule has 3 aromatic rings. The number of carbonyl (C=O) groups excluding carboxylic acids is 1. The first-order valence-electron chi connectivity index (χ1n) is 8.66. The van der Waals surface area contributed by atoms with Gasteiger partial charge in [-0.15, -0.1) is 0 Å². The Morgan fingerprint density at radius 2 is 1.73 bits per heavy atom. The molecule has 0 saturated carbocycles. The Labute approximate surface area is 184 Å². The summed E-state index contributed by atoms with van der Waals surface area (Å²) in [7, 11) is -9.05. The average molecular weight is 510 g/mol. The monoisotopic (exact) mass is 510 g/mol. The molecule has 0 radical (unpaired) electrons. The second kappa shape index (κ2) is 8.18. The van der Waals surface area contributed by atoms with Crippen molar-refractivity contribution in [1.82, 2.24) is 14.9 Å². The molecule has 0 aliphatic rings. The fourth-order valence-corrected chi connectivity index (χ4v) is 3.76. The minimum Gasteiger partial charge on any atom is -0.374 e. The van der Waals surface area contributed by atoms with E-state index in [-0.39, 0.29) is 22.3 Å². The lowest BCUT2D eigenvalue weighted by Crippen LogP contribution is -2.28. The lowest BCUT2D eigenvalue weighted by molar-refractivity contribution is -0.0499. The van der Waals surface area contributed by atoms with E-state index in [0.29, 0.717) is 12.3 Å². The molecule has 0 atom stereocenters. The van der Waals surface area contributed by atoms with E-state index in [2.05, 4.69) is 14.6 Å². The molecule has 10 nitrogen and oxygen atoms in total. The number of aromatic nitrogens is 2. The predicted molar refractivity (Wildman–Crippen MR) is 108 cm³/mol. The maximum absolute atomic E-state index is 13.3. The molecule has 3 rings (SSSR count). The Bertz CT molecular complexity index is 1450. The molecule has 0 bridgehead atoms. The van der Waals surface area contributed by atoms with Crippen molar-refractivity contribution in [2.75, 3.05) is 18.0 Å². The summed E-state index contributed by atoms with van der Waals surface area (Å²) in [6, 6.07) is 5.43. The number of carbonyl (C=O) groups is 1. The van der Waals surface area contributed by atoms with Crippen LogP contribution in [0.4, 0.5) is 23.2 Å². The quantitative estimate of drug-likeness (QED) is 0.295. The topological polar surface area (TPSA) is 136 Å². The van der Waals surface area contributed by atoms with E-state index < -0.39 is 48.8 Å². The zero-order valence-corrected chi connectivity index (χ0v) is 18.3. The normalized spacial score (nSPS) is 12.5. The molecular weight excluding hydrogens is 496 g/mol.